The zero-order valence-corrected chi connectivity index (χ0v) is 19.6. The SMILES string of the molecule is CC(C)CN(CC(C)C)C(=O)Cn1c(CCNC(=O)c2cccs2)nc2ccccc21. The van der Waals surface area contributed by atoms with Gasteiger partial charge in [-0.2, -0.15) is 0 Å². The summed E-state index contributed by atoms with van der Waals surface area (Å²) in [7, 11) is 0. The van der Waals surface area contributed by atoms with Gasteiger partial charge in [-0.15, -0.1) is 11.3 Å². The van der Waals surface area contributed by atoms with E-state index in [2.05, 4.69) is 33.0 Å². The molecule has 2 amide bonds. The Balaban J connectivity index is 1.76. The normalized spacial score (nSPS) is 11.4. The van der Waals surface area contributed by atoms with Crippen LogP contribution in [0.25, 0.3) is 11.0 Å². The van der Waals surface area contributed by atoms with E-state index in [-0.39, 0.29) is 18.4 Å². The summed E-state index contributed by atoms with van der Waals surface area (Å²) < 4.78 is 2.00. The molecule has 0 bridgehead atoms. The summed E-state index contributed by atoms with van der Waals surface area (Å²) in [6.07, 6.45) is 0.563. The number of rotatable bonds is 10. The predicted molar refractivity (Wildman–Crippen MR) is 126 cm³/mol. The van der Waals surface area contributed by atoms with Gasteiger partial charge in [-0.1, -0.05) is 45.9 Å². The van der Waals surface area contributed by atoms with Crippen molar-refractivity contribution < 1.29 is 9.59 Å². The molecule has 0 saturated heterocycles. The number of amides is 2. The topological polar surface area (TPSA) is 67.2 Å². The van der Waals surface area contributed by atoms with E-state index in [1.165, 1.54) is 11.3 Å². The van der Waals surface area contributed by atoms with E-state index >= 15 is 0 Å². The molecule has 3 aromatic rings. The van der Waals surface area contributed by atoms with Crippen LogP contribution in [0.2, 0.25) is 0 Å². The molecule has 0 aliphatic carbocycles. The molecule has 0 aliphatic heterocycles. The van der Waals surface area contributed by atoms with Crippen LogP contribution in [0, 0.1) is 11.8 Å². The number of hydrogen-bond donors (Lipinski definition) is 1. The highest BCUT2D eigenvalue weighted by atomic mass is 32.1. The third-order valence-electron chi connectivity index (χ3n) is 4.93. The van der Waals surface area contributed by atoms with Gasteiger partial charge < -0.3 is 14.8 Å². The lowest BCUT2D eigenvalue weighted by Gasteiger charge is -2.27. The summed E-state index contributed by atoms with van der Waals surface area (Å²) in [6.45, 7) is 10.8. The van der Waals surface area contributed by atoms with Gasteiger partial charge in [0.25, 0.3) is 5.91 Å². The van der Waals surface area contributed by atoms with Crippen molar-refractivity contribution in [2.45, 2.75) is 40.7 Å². The average molecular weight is 441 g/mol. The van der Waals surface area contributed by atoms with Crippen LogP contribution in [0.5, 0.6) is 0 Å². The van der Waals surface area contributed by atoms with E-state index in [1.54, 1.807) is 0 Å². The minimum atomic E-state index is -0.0752. The van der Waals surface area contributed by atoms with Crippen molar-refractivity contribution in [3.05, 3.63) is 52.5 Å². The summed E-state index contributed by atoms with van der Waals surface area (Å²) in [5, 5.41) is 4.85. The van der Waals surface area contributed by atoms with E-state index in [0.717, 1.165) is 29.9 Å². The molecule has 0 radical (unpaired) electrons. The number of aromatic nitrogens is 2. The van der Waals surface area contributed by atoms with Gasteiger partial charge in [-0.3, -0.25) is 9.59 Å². The Morgan fingerprint density at radius 2 is 1.77 bits per heavy atom. The largest absolute Gasteiger partial charge is 0.351 e. The van der Waals surface area contributed by atoms with Crippen LogP contribution in [0.1, 0.15) is 43.2 Å². The number of carbonyl (C=O) groups is 2. The molecule has 6 nitrogen and oxygen atoms in total. The van der Waals surface area contributed by atoms with Crippen LogP contribution in [-0.2, 0) is 17.8 Å². The average Bonchev–Trinajstić information content (AvgIpc) is 3.36. The Kier molecular flexibility index (Phi) is 7.85. The summed E-state index contributed by atoms with van der Waals surface area (Å²) >= 11 is 1.42. The highest BCUT2D eigenvalue weighted by Gasteiger charge is 2.20. The van der Waals surface area contributed by atoms with Gasteiger partial charge in [0.15, 0.2) is 0 Å². The Labute approximate surface area is 188 Å². The maximum Gasteiger partial charge on any atom is 0.261 e. The standard InChI is InChI=1S/C24H32N4O2S/c1-17(2)14-27(15-18(3)4)23(29)16-28-20-9-6-5-8-19(20)26-22(28)11-12-25-24(30)21-10-7-13-31-21/h5-10,13,17-18H,11-12,14-16H2,1-4H3,(H,25,30). The molecule has 0 aliphatic rings. The number of imidazole rings is 1. The number of nitrogens with zero attached hydrogens (tertiary/aromatic N) is 3. The fourth-order valence-corrected chi connectivity index (χ4v) is 4.31. The molecule has 166 valence electrons. The second-order valence-electron chi connectivity index (χ2n) is 8.67. The molecule has 7 heteroatoms. The summed E-state index contributed by atoms with van der Waals surface area (Å²) in [5.41, 5.74) is 1.82. The first-order chi connectivity index (χ1) is 14.8. The van der Waals surface area contributed by atoms with Gasteiger partial charge in [0.2, 0.25) is 5.91 Å². The number of fused-ring (bicyclic) bond motifs is 1. The van der Waals surface area contributed by atoms with Gasteiger partial charge in [-0.25, -0.2) is 4.98 Å². The van der Waals surface area contributed by atoms with E-state index in [0.29, 0.717) is 29.7 Å². The number of para-hydroxylation sites is 2. The van der Waals surface area contributed by atoms with Crippen molar-refractivity contribution in [1.82, 2.24) is 19.8 Å². The van der Waals surface area contributed by atoms with Gasteiger partial charge in [-0.05, 0) is 35.4 Å². The van der Waals surface area contributed by atoms with Crippen molar-refractivity contribution in [2.24, 2.45) is 11.8 Å². The molecule has 0 saturated carbocycles. The second-order valence-corrected chi connectivity index (χ2v) is 9.62. The Morgan fingerprint density at radius 1 is 1.06 bits per heavy atom. The minimum absolute atomic E-state index is 0.0752. The van der Waals surface area contributed by atoms with Gasteiger partial charge >= 0.3 is 0 Å². The molecule has 2 aromatic heterocycles. The quantitative estimate of drug-likeness (QED) is 0.513. The zero-order valence-electron chi connectivity index (χ0n) is 18.8. The van der Waals surface area contributed by atoms with Crippen LogP contribution < -0.4 is 5.32 Å². The molecular formula is C24H32N4O2S. The van der Waals surface area contributed by atoms with Crippen LogP contribution in [-0.4, -0.2) is 45.9 Å². The Morgan fingerprint density at radius 3 is 2.42 bits per heavy atom. The van der Waals surface area contributed by atoms with Crippen molar-refractivity contribution in [3.8, 4) is 0 Å². The molecular weight excluding hydrogens is 408 g/mol. The summed E-state index contributed by atoms with van der Waals surface area (Å²) in [4.78, 5) is 32.9. The predicted octanol–water partition coefficient (Wildman–Crippen LogP) is 4.21. The third kappa shape index (κ3) is 6.17. The molecule has 2 heterocycles. The third-order valence-corrected chi connectivity index (χ3v) is 5.80. The first-order valence-corrected chi connectivity index (χ1v) is 11.8. The van der Waals surface area contributed by atoms with Crippen LogP contribution in [0.4, 0.5) is 0 Å². The summed E-state index contributed by atoms with van der Waals surface area (Å²) in [6, 6.07) is 11.6. The van der Waals surface area contributed by atoms with Crippen LogP contribution >= 0.6 is 11.3 Å². The van der Waals surface area contributed by atoms with Crippen LogP contribution in [0.3, 0.4) is 0 Å². The highest BCUT2D eigenvalue weighted by molar-refractivity contribution is 7.12. The van der Waals surface area contributed by atoms with Crippen molar-refractivity contribution in [3.63, 3.8) is 0 Å². The first kappa shape index (κ1) is 23.0. The molecule has 0 unspecified atom stereocenters. The monoisotopic (exact) mass is 440 g/mol. The molecule has 31 heavy (non-hydrogen) atoms. The maximum absolute atomic E-state index is 13.2. The lowest BCUT2D eigenvalue weighted by atomic mass is 10.1. The number of hydrogen-bond acceptors (Lipinski definition) is 4. The summed E-state index contributed by atoms with van der Waals surface area (Å²) in [5.74, 6) is 1.67. The van der Waals surface area contributed by atoms with E-state index in [9.17, 15) is 9.59 Å². The number of carbonyl (C=O) groups excluding carboxylic acids is 2. The van der Waals surface area contributed by atoms with E-state index in [4.69, 9.17) is 4.98 Å². The molecule has 0 spiro atoms. The van der Waals surface area contributed by atoms with Gasteiger partial charge in [0.05, 0.1) is 15.9 Å². The van der Waals surface area contributed by atoms with Crippen molar-refractivity contribution >= 4 is 34.2 Å². The molecule has 0 atom stereocenters. The number of benzene rings is 1. The van der Waals surface area contributed by atoms with Crippen LogP contribution in [0.15, 0.2) is 41.8 Å². The molecule has 0 fully saturated rings. The van der Waals surface area contributed by atoms with Crippen molar-refractivity contribution in [1.29, 1.82) is 0 Å². The lowest BCUT2D eigenvalue weighted by Crippen LogP contribution is -2.39. The van der Waals surface area contributed by atoms with Gasteiger partial charge in [0, 0.05) is 26.1 Å². The lowest BCUT2D eigenvalue weighted by molar-refractivity contribution is -0.132. The number of nitrogens with one attached hydrogen (secondary N) is 1. The second kappa shape index (κ2) is 10.6. The highest BCUT2D eigenvalue weighted by Crippen LogP contribution is 2.18. The van der Waals surface area contributed by atoms with E-state index in [1.807, 2.05) is 51.2 Å². The van der Waals surface area contributed by atoms with Gasteiger partial charge in [0.1, 0.15) is 12.4 Å². The van der Waals surface area contributed by atoms with E-state index < -0.39 is 0 Å². The fourth-order valence-electron chi connectivity index (χ4n) is 3.67. The molecule has 1 N–H and O–H groups in total. The van der Waals surface area contributed by atoms with Crippen molar-refractivity contribution in [2.75, 3.05) is 19.6 Å². The number of thiophene rings is 1. The zero-order chi connectivity index (χ0) is 22.4. The molecule has 1 aromatic carbocycles. The fraction of sp³-hybridized carbons (Fsp3) is 0.458. The first-order valence-electron chi connectivity index (χ1n) is 10.9. The maximum atomic E-state index is 13.2. The Hall–Kier alpha value is -2.67. The Bertz CT molecular complexity index is 998. The minimum Gasteiger partial charge on any atom is -0.351 e. The smallest absolute Gasteiger partial charge is 0.261 e. The molecule has 3 rings (SSSR count).